The molecule has 3 N–H and O–H groups in total. The largest absolute Gasteiger partial charge is 0.481 e. The van der Waals surface area contributed by atoms with Crippen molar-refractivity contribution < 1.29 is 24.2 Å². The van der Waals surface area contributed by atoms with Crippen LogP contribution in [-0.4, -0.2) is 42.3 Å². The SMILES string of the molecule is CC(C)C(CNC(=O)C[C@@H]1CC[C@H](NC(=O)OCC2c3ccccc3-c3ccccc32)C1)C(=O)O. The molecule has 4 rings (SSSR count). The molecule has 0 saturated heterocycles. The van der Waals surface area contributed by atoms with Crippen molar-refractivity contribution in [2.75, 3.05) is 13.2 Å². The van der Waals surface area contributed by atoms with Crippen LogP contribution in [-0.2, 0) is 14.3 Å². The van der Waals surface area contributed by atoms with Gasteiger partial charge in [-0.2, -0.15) is 0 Å². The Balaban J connectivity index is 1.23. The molecule has 2 aromatic carbocycles. The summed E-state index contributed by atoms with van der Waals surface area (Å²) in [6.45, 7) is 4.09. The molecular formula is C28H34N2O5. The van der Waals surface area contributed by atoms with Crippen LogP contribution in [0.2, 0.25) is 0 Å². The van der Waals surface area contributed by atoms with E-state index in [0.717, 1.165) is 12.8 Å². The highest BCUT2D eigenvalue weighted by Crippen LogP contribution is 2.44. The van der Waals surface area contributed by atoms with Crippen molar-refractivity contribution in [3.05, 3.63) is 59.7 Å². The second-order valence-corrected chi connectivity index (χ2v) is 10.0. The standard InChI is InChI=1S/C28H34N2O5/c1-17(2)24(27(32)33)15-29-26(31)14-18-11-12-19(13-18)30-28(34)35-16-25-22-9-5-3-7-20(22)21-8-4-6-10-23(21)25/h3-10,17-19,24-25H,11-16H2,1-2H3,(H,29,31)(H,30,34)(H,32,33)/t18-,19+,24?/m1/s1. The molecule has 1 unspecified atom stereocenters. The van der Waals surface area contributed by atoms with Gasteiger partial charge in [-0.1, -0.05) is 62.4 Å². The van der Waals surface area contributed by atoms with Gasteiger partial charge in [-0.05, 0) is 53.4 Å². The Bertz CT molecular complexity index is 1040. The molecule has 0 heterocycles. The minimum Gasteiger partial charge on any atom is -0.481 e. The van der Waals surface area contributed by atoms with E-state index < -0.39 is 18.0 Å². The highest BCUT2D eigenvalue weighted by atomic mass is 16.5. The lowest BCUT2D eigenvalue weighted by atomic mass is 9.96. The van der Waals surface area contributed by atoms with E-state index in [0.29, 0.717) is 12.8 Å². The van der Waals surface area contributed by atoms with E-state index in [1.165, 1.54) is 22.3 Å². The molecule has 2 aromatic rings. The maximum Gasteiger partial charge on any atom is 0.407 e. The van der Waals surface area contributed by atoms with Gasteiger partial charge in [-0.25, -0.2) is 4.79 Å². The number of carbonyl (C=O) groups excluding carboxylic acids is 2. The minimum atomic E-state index is -0.895. The van der Waals surface area contributed by atoms with E-state index in [1.54, 1.807) is 0 Å². The number of nitrogens with one attached hydrogen (secondary N) is 2. The summed E-state index contributed by atoms with van der Waals surface area (Å²) in [5.74, 6) is -1.49. The van der Waals surface area contributed by atoms with Crippen molar-refractivity contribution in [1.82, 2.24) is 10.6 Å². The molecule has 7 nitrogen and oxygen atoms in total. The molecule has 2 aliphatic rings. The summed E-state index contributed by atoms with van der Waals surface area (Å²) in [6, 6.07) is 16.4. The van der Waals surface area contributed by atoms with Crippen LogP contribution in [0.5, 0.6) is 0 Å². The van der Waals surface area contributed by atoms with E-state index >= 15 is 0 Å². The van der Waals surface area contributed by atoms with E-state index in [-0.39, 0.29) is 42.9 Å². The van der Waals surface area contributed by atoms with Crippen LogP contribution in [0, 0.1) is 17.8 Å². The number of hydrogen-bond donors (Lipinski definition) is 3. The Kier molecular flexibility index (Phi) is 7.73. The molecule has 1 fully saturated rings. The van der Waals surface area contributed by atoms with Gasteiger partial charge in [0.15, 0.2) is 0 Å². The van der Waals surface area contributed by atoms with Crippen LogP contribution in [0.4, 0.5) is 4.79 Å². The van der Waals surface area contributed by atoms with Gasteiger partial charge < -0.3 is 20.5 Å². The molecule has 3 atom stereocenters. The molecule has 0 spiro atoms. The molecule has 2 amide bonds. The lowest BCUT2D eigenvalue weighted by molar-refractivity contribution is -0.143. The Hall–Kier alpha value is -3.35. The van der Waals surface area contributed by atoms with E-state index in [2.05, 4.69) is 34.9 Å². The zero-order valence-corrected chi connectivity index (χ0v) is 20.3. The number of fused-ring (bicyclic) bond motifs is 3. The van der Waals surface area contributed by atoms with Crippen molar-refractivity contribution in [3.8, 4) is 11.1 Å². The zero-order valence-electron chi connectivity index (χ0n) is 20.3. The van der Waals surface area contributed by atoms with Gasteiger partial charge in [0.2, 0.25) is 5.91 Å². The number of alkyl carbamates (subject to hydrolysis) is 1. The van der Waals surface area contributed by atoms with Gasteiger partial charge in [0.1, 0.15) is 6.61 Å². The Morgan fingerprint density at radius 2 is 1.63 bits per heavy atom. The van der Waals surface area contributed by atoms with E-state index in [9.17, 15) is 19.5 Å². The summed E-state index contributed by atoms with van der Waals surface area (Å²) < 4.78 is 5.64. The summed E-state index contributed by atoms with van der Waals surface area (Å²) in [5.41, 5.74) is 4.74. The topological polar surface area (TPSA) is 105 Å². The van der Waals surface area contributed by atoms with Crippen molar-refractivity contribution >= 4 is 18.0 Å². The zero-order chi connectivity index (χ0) is 24.9. The number of rotatable bonds is 9. The predicted octanol–water partition coefficient (Wildman–Crippen LogP) is 4.56. The lowest BCUT2D eigenvalue weighted by Gasteiger charge is -2.18. The van der Waals surface area contributed by atoms with E-state index in [4.69, 9.17) is 4.74 Å². The van der Waals surface area contributed by atoms with E-state index in [1.807, 2.05) is 38.1 Å². The third-order valence-electron chi connectivity index (χ3n) is 7.32. The molecule has 0 aliphatic heterocycles. The Morgan fingerprint density at radius 3 is 2.23 bits per heavy atom. The first-order chi connectivity index (χ1) is 16.8. The summed E-state index contributed by atoms with van der Waals surface area (Å²) in [6.07, 6.45) is 2.26. The molecule has 0 radical (unpaired) electrons. The first kappa shape index (κ1) is 24.8. The van der Waals surface area contributed by atoms with Crippen LogP contribution in [0.1, 0.15) is 56.6 Å². The second kappa shape index (κ2) is 10.9. The monoisotopic (exact) mass is 478 g/mol. The van der Waals surface area contributed by atoms with Gasteiger partial charge in [0.05, 0.1) is 5.92 Å². The summed E-state index contributed by atoms with van der Waals surface area (Å²) in [4.78, 5) is 36.2. The average Bonchev–Trinajstić information content (AvgIpc) is 3.39. The first-order valence-electron chi connectivity index (χ1n) is 12.4. The Labute approximate surface area is 206 Å². The van der Waals surface area contributed by atoms with Gasteiger partial charge in [0.25, 0.3) is 0 Å². The third-order valence-corrected chi connectivity index (χ3v) is 7.32. The number of carboxylic acid groups (broad SMARTS) is 1. The molecule has 35 heavy (non-hydrogen) atoms. The fourth-order valence-electron chi connectivity index (χ4n) is 5.36. The Morgan fingerprint density at radius 1 is 1.00 bits per heavy atom. The number of aliphatic carboxylic acids is 1. The molecule has 186 valence electrons. The van der Waals surface area contributed by atoms with Gasteiger partial charge in [0, 0.05) is 24.9 Å². The van der Waals surface area contributed by atoms with Crippen LogP contribution in [0.25, 0.3) is 11.1 Å². The van der Waals surface area contributed by atoms with Crippen molar-refractivity contribution in [1.29, 1.82) is 0 Å². The van der Waals surface area contributed by atoms with Crippen LogP contribution >= 0.6 is 0 Å². The smallest absolute Gasteiger partial charge is 0.407 e. The molecule has 0 bridgehead atoms. The van der Waals surface area contributed by atoms with Gasteiger partial charge >= 0.3 is 12.1 Å². The van der Waals surface area contributed by atoms with Crippen molar-refractivity contribution in [2.45, 2.75) is 51.5 Å². The van der Waals surface area contributed by atoms with Crippen LogP contribution in [0.15, 0.2) is 48.5 Å². The maximum atomic E-state index is 12.5. The molecule has 0 aromatic heterocycles. The summed E-state index contributed by atoms with van der Waals surface area (Å²) in [7, 11) is 0. The number of amides is 2. The highest BCUT2D eigenvalue weighted by molar-refractivity contribution is 5.79. The normalized spacial score (nSPS) is 19.6. The first-order valence-corrected chi connectivity index (χ1v) is 12.4. The molecule has 2 aliphatic carbocycles. The maximum absolute atomic E-state index is 12.5. The van der Waals surface area contributed by atoms with Crippen molar-refractivity contribution in [2.24, 2.45) is 17.8 Å². The number of carboxylic acids is 1. The summed E-state index contributed by atoms with van der Waals surface area (Å²) >= 11 is 0. The average molecular weight is 479 g/mol. The van der Waals surface area contributed by atoms with Gasteiger partial charge in [-0.15, -0.1) is 0 Å². The summed E-state index contributed by atoms with van der Waals surface area (Å²) in [5, 5.41) is 15.0. The molecule has 1 saturated carbocycles. The number of ether oxygens (including phenoxy) is 1. The number of benzene rings is 2. The minimum absolute atomic E-state index is 0.0219. The fraction of sp³-hybridized carbons (Fsp3) is 0.464. The molecule has 7 heteroatoms. The molecular weight excluding hydrogens is 444 g/mol. The second-order valence-electron chi connectivity index (χ2n) is 10.0. The quantitative estimate of drug-likeness (QED) is 0.490. The lowest BCUT2D eigenvalue weighted by Crippen LogP contribution is -2.36. The number of hydrogen-bond acceptors (Lipinski definition) is 4. The third kappa shape index (κ3) is 5.84. The van der Waals surface area contributed by atoms with Crippen LogP contribution < -0.4 is 10.6 Å². The highest BCUT2D eigenvalue weighted by Gasteiger charge is 2.31. The van der Waals surface area contributed by atoms with Crippen LogP contribution in [0.3, 0.4) is 0 Å². The predicted molar refractivity (Wildman–Crippen MR) is 133 cm³/mol. The van der Waals surface area contributed by atoms with Gasteiger partial charge in [-0.3, -0.25) is 9.59 Å². The fourth-order valence-corrected chi connectivity index (χ4v) is 5.36. The number of carbonyl (C=O) groups is 3. The van der Waals surface area contributed by atoms with Crippen molar-refractivity contribution in [3.63, 3.8) is 0 Å².